The molecule has 0 amide bonds. The topological polar surface area (TPSA) is 131 Å². The quantitative estimate of drug-likeness (QED) is 0.226. The first-order valence-electron chi connectivity index (χ1n) is 14.5. The first-order chi connectivity index (χ1) is 19.7. The molecule has 0 bridgehead atoms. The van der Waals surface area contributed by atoms with Gasteiger partial charge in [0.05, 0.1) is 17.8 Å². The summed E-state index contributed by atoms with van der Waals surface area (Å²) in [6.45, 7) is 0.684. The molecular formula is C30H38FNO8S. The van der Waals surface area contributed by atoms with E-state index in [1.54, 1.807) is 19.1 Å². The predicted octanol–water partition coefficient (Wildman–Crippen LogP) is 4.27. The highest BCUT2D eigenvalue weighted by atomic mass is 32.2. The van der Waals surface area contributed by atoms with Gasteiger partial charge in [0.25, 0.3) is 0 Å². The third kappa shape index (κ3) is 6.40. The van der Waals surface area contributed by atoms with Gasteiger partial charge < -0.3 is 24.7 Å². The normalized spacial score (nSPS) is 29.1. The van der Waals surface area contributed by atoms with E-state index in [2.05, 4.69) is 0 Å². The first kappa shape index (κ1) is 29.8. The van der Waals surface area contributed by atoms with E-state index >= 15 is 0 Å². The molecule has 0 unspecified atom stereocenters. The monoisotopic (exact) mass is 591 g/mol. The van der Waals surface area contributed by atoms with E-state index in [1.165, 1.54) is 17.8 Å². The summed E-state index contributed by atoms with van der Waals surface area (Å²) in [5.41, 5.74) is 5.81. The van der Waals surface area contributed by atoms with Crippen LogP contribution in [-0.2, 0) is 38.1 Å². The second kappa shape index (κ2) is 12.7. The second-order valence-corrected chi connectivity index (χ2v) is 12.9. The average molecular weight is 592 g/mol. The summed E-state index contributed by atoms with van der Waals surface area (Å²) in [6, 6.07) is 4.81. The third-order valence-electron chi connectivity index (χ3n) is 9.33. The van der Waals surface area contributed by atoms with Crippen LogP contribution in [0.15, 0.2) is 23.1 Å². The number of hydrogen-bond donors (Lipinski definition) is 1. The van der Waals surface area contributed by atoms with Gasteiger partial charge in [-0.15, -0.1) is 11.8 Å². The molecule has 2 N–H and O–H groups in total. The summed E-state index contributed by atoms with van der Waals surface area (Å²) in [5.74, 6) is -3.86. The van der Waals surface area contributed by atoms with Crippen molar-refractivity contribution in [1.82, 2.24) is 0 Å². The number of thioether (sulfide) groups is 1. The van der Waals surface area contributed by atoms with Gasteiger partial charge in [-0.05, 0) is 74.6 Å². The number of ether oxygens (including phenoxy) is 4. The van der Waals surface area contributed by atoms with Crippen LogP contribution < -0.4 is 5.73 Å². The van der Waals surface area contributed by atoms with Crippen LogP contribution in [0.1, 0.15) is 63.4 Å². The standard InChI is InChI=1S/C30H38FNO8S/c1-17-12-21(10-11-23(17)31)41-14-20-13-22-24(28(35)39-15-37-26(33)18-6-2-3-7-18)25(22)30(20,32)29(36)40-16-38-27(34)19-8-4-5-9-19/h10-12,18-20,22,24-25H,2-9,13-16,32H2,1H3/t20-,22-,24-,25-,30-/m0/s1. The van der Waals surface area contributed by atoms with Crippen molar-refractivity contribution >= 4 is 35.6 Å². The molecule has 4 saturated carbocycles. The lowest BCUT2D eigenvalue weighted by molar-refractivity contribution is -0.175. The van der Waals surface area contributed by atoms with Crippen molar-refractivity contribution < 1.29 is 42.5 Å². The molecule has 1 aromatic rings. The van der Waals surface area contributed by atoms with Crippen LogP contribution in [0.25, 0.3) is 0 Å². The van der Waals surface area contributed by atoms with Crippen molar-refractivity contribution in [2.24, 2.45) is 41.2 Å². The van der Waals surface area contributed by atoms with Crippen LogP contribution in [0.3, 0.4) is 0 Å². The molecule has 11 heteroatoms. The summed E-state index contributed by atoms with van der Waals surface area (Å²) in [7, 11) is 0. The van der Waals surface area contributed by atoms with E-state index in [9.17, 15) is 23.6 Å². The number of carbonyl (C=O) groups excluding carboxylic acids is 4. The zero-order valence-electron chi connectivity index (χ0n) is 23.3. The van der Waals surface area contributed by atoms with Gasteiger partial charge in [-0.1, -0.05) is 25.7 Å². The van der Waals surface area contributed by atoms with E-state index in [0.717, 1.165) is 56.3 Å². The summed E-state index contributed by atoms with van der Waals surface area (Å²) in [5, 5.41) is 0. The maximum Gasteiger partial charge on any atom is 0.329 e. The Hall–Kier alpha value is -2.66. The van der Waals surface area contributed by atoms with E-state index in [4.69, 9.17) is 24.7 Å². The molecule has 0 aliphatic heterocycles. The Balaban J connectivity index is 1.20. The Labute approximate surface area is 243 Å². The third-order valence-corrected chi connectivity index (χ3v) is 10.5. The number of nitrogens with two attached hydrogens (primary N) is 1. The Morgan fingerprint density at radius 1 is 0.902 bits per heavy atom. The fraction of sp³-hybridized carbons (Fsp3) is 0.667. The molecule has 5 atom stereocenters. The van der Waals surface area contributed by atoms with Crippen molar-refractivity contribution in [2.75, 3.05) is 19.3 Å². The SMILES string of the molecule is Cc1cc(SC[C@@H]2C[C@H]3[C@H](C(=O)OCOC(=O)C4CCCC4)[C@H]3[C@]2(N)C(=O)OCOC(=O)C2CCCC2)ccc1F. The Bertz CT molecular complexity index is 1170. The minimum atomic E-state index is -1.50. The molecular weight excluding hydrogens is 553 g/mol. The Morgan fingerprint density at radius 2 is 1.46 bits per heavy atom. The largest absolute Gasteiger partial charge is 0.428 e. The molecule has 41 heavy (non-hydrogen) atoms. The number of hydrogen-bond acceptors (Lipinski definition) is 10. The van der Waals surface area contributed by atoms with Crippen molar-refractivity contribution in [3.05, 3.63) is 29.6 Å². The molecule has 0 spiro atoms. The maximum absolute atomic E-state index is 13.7. The summed E-state index contributed by atoms with van der Waals surface area (Å²) >= 11 is 1.45. The summed E-state index contributed by atoms with van der Waals surface area (Å²) in [4.78, 5) is 51.6. The van der Waals surface area contributed by atoms with Crippen molar-refractivity contribution in [2.45, 2.75) is 75.1 Å². The number of benzene rings is 1. The molecule has 0 saturated heterocycles. The smallest absolute Gasteiger partial charge is 0.329 e. The second-order valence-electron chi connectivity index (χ2n) is 11.8. The number of rotatable bonds is 11. The highest BCUT2D eigenvalue weighted by Crippen LogP contribution is 2.65. The summed E-state index contributed by atoms with van der Waals surface area (Å²) < 4.78 is 34.7. The molecule has 5 rings (SSSR count). The Morgan fingerprint density at radius 3 is 2.05 bits per heavy atom. The number of halogens is 1. The van der Waals surface area contributed by atoms with Crippen LogP contribution in [0, 0.1) is 48.2 Å². The highest BCUT2D eigenvalue weighted by Gasteiger charge is 2.74. The van der Waals surface area contributed by atoms with E-state index in [0.29, 0.717) is 17.7 Å². The molecule has 1 aromatic carbocycles. The van der Waals surface area contributed by atoms with Crippen LogP contribution in [-0.4, -0.2) is 48.8 Å². The lowest BCUT2D eigenvalue weighted by Crippen LogP contribution is -2.57. The van der Waals surface area contributed by atoms with Gasteiger partial charge in [0.2, 0.25) is 13.6 Å². The molecule has 0 heterocycles. The van der Waals surface area contributed by atoms with Crippen LogP contribution in [0.4, 0.5) is 4.39 Å². The van der Waals surface area contributed by atoms with Gasteiger partial charge in [0, 0.05) is 16.6 Å². The fourth-order valence-corrected chi connectivity index (χ4v) is 8.14. The molecule has 0 radical (unpaired) electrons. The van der Waals surface area contributed by atoms with E-state index < -0.39 is 42.9 Å². The van der Waals surface area contributed by atoms with Crippen LogP contribution in [0.2, 0.25) is 0 Å². The van der Waals surface area contributed by atoms with Gasteiger partial charge >= 0.3 is 23.9 Å². The van der Waals surface area contributed by atoms with Gasteiger partial charge in [-0.25, -0.2) is 9.18 Å². The van der Waals surface area contributed by atoms with Gasteiger partial charge in [-0.2, -0.15) is 0 Å². The van der Waals surface area contributed by atoms with E-state index in [1.807, 2.05) is 0 Å². The van der Waals surface area contributed by atoms with Crippen molar-refractivity contribution in [3.63, 3.8) is 0 Å². The first-order valence-corrected chi connectivity index (χ1v) is 15.5. The van der Waals surface area contributed by atoms with E-state index in [-0.39, 0.29) is 41.4 Å². The number of carbonyl (C=O) groups is 4. The Kier molecular flexibility index (Phi) is 9.23. The maximum atomic E-state index is 13.7. The van der Waals surface area contributed by atoms with Crippen LogP contribution in [0.5, 0.6) is 0 Å². The average Bonchev–Trinajstić information content (AvgIpc) is 3.40. The van der Waals surface area contributed by atoms with Crippen LogP contribution >= 0.6 is 11.8 Å². The number of esters is 4. The zero-order valence-corrected chi connectivity index (χ0v) is 24.1. The zero-order chi connectivity index (χ0) is 29.1. The molecule has 4 aliphatic rings. The number of aryl methyl sites for hydroxylation is 1. The minimum absolute atomic E-state index is 0.147. The van der Waals surface area contributed by atoms with Crippen molar-refractivity contribution in [3.8, 4) is 0 Å². The predicted molar refractivity (Wildman–Crippen MR) is 145 cm³/mol. The van der Waals surface area contributed by atoms with Gasteiger partial charge in [0.15, 0.2) is 0 Å². The molecule has 4 fully saturated rings. The highest BCUT2D eigenvalue weighted by molar-refractivity contribution is 7.99. The van der Waals surface area contributed by atoms with Gasteiger partial charge in [0.1, 0.15) is 11.4 Å². The number of fused-ring (bicyclic) bond motifs is 1. The van der Waals surface area contributed by atoms with Gasteiger partial charge in [-0.3, -0.25) is 14.4 Å². The molecule has 224 valence electrons. The molecule has 0 aromatic heterocycles. The summed E-state index contributed by atoms with van der Waals surface area (Å²) in [6.07, 6.45) is 7.50. The minimum Gasteiger partial charge on any atom is -0.428 e. The fourth-order valence-electron chi connectivity index (χ4n) is 6.91. The van der Waals surface area contributed by atoms with Crippen molar-refractivity contribution in [1.29, 1.82) is 0 Å². The molecule has 4 aliphatic carbocycles. The molecule has 9 nitrogen and oxygen atoms in total. The lowest BCUT2D eigenvalue weighted by Gasteiger charge is -2.32. The lowest BCUT2D eigenvalue weighted by atomic mass is 9.82.